The number of amides is 2. The molecule has 0 saturated heterocycles. The fourth-order valence-corrected chi connectivity index (χ4v) is 0.829. The van der Waals surface area contributed by atoms with E-state index in [1.807, 2.05) is 5.32 Å². The molecule has 0 aromatic rings. The van der Waals surface area contributed by atoms with Gasteiger partial charge in [0.15, 0.2) is 0 Å². The largest absolute Gasteiger partial charge is 0.478 e. The highest BCUT2D eigenvalue weighted by molar-refractivity contribution is 6.18. The second kappa shape index (κ2) is 3.22. The Kier molecular flexibility index (Phi) is 2.27. The minimum absolute atomic E-state index is 0.0103. The highest BCUT2D eigenvalue weighted by Gasteiger charge is 2.19. The second-order valence-corrected chi connectivity index (χ2v) is 2.55. The molecule has 0 aromatic heterocycles. The molecule has 1 heterocycles. The maximum Gasteiger partial charge on any atom is 0.331 e. The van der Waals surface area contributed by atoms with Gasteiger partial charge in [0.1, 0.15) is 0 Å². The molecule has 1 aliphatic heterocycles. The summed E-state index contributed by atoms with van der Waals surface area (Å²) in [5, 5.41) is 10.5. The molecule has 0 bridgehead atoms. The van der Waals surface area contributed by atoms with Crippen molar-refractivity contribution in [1.29, 1.82) is 0 Å². The van der Waals surface area contributed by atoms with Crippen LogP contribution in [0.25, 0.3) is 0 Å². The predicted molar refractivity (Wildman–Crippen MR) is 42.6 cm³/mol. The van der Waals surface area contributed by atoms with Gasteiger partial charge in [0, 0.05) is 17.2 Å². The summed E-state index contributed by atoms with van der Waals surface area (Å²) >= 11 is 0. The van der Waals surface area contributed by atoms with Crippen molar-refractivity contribution in [2.45, 2.75) is 6.92 Å². The first-order valence-corrected chi connectivity index (χ1v) is 3.49. The van der Waals surface area contributed by atoms with Crippen molar-refractivity contribution in [3.05, 3.63) is 23.3 Å². The van der Waals surface area contributed by atoms with Crippen molar-refractivity contribution in [1.82, 2.24) is 5.32 Å². The Balaban J connectivity index is 2.92. The summed E-state index contributed by atoms with van der Waals surface area (Å²) in [7, 11) is 0. The summed E-state index contributed by atoms with van der Waals surface area (Å²) in [6, 6.07) is 0. The van der Waals surface area contributed by atoms with Crippen LogP contribution < -0.4 is 5.32 Å². The van der Waals surface area contributed by atoms with E-state index < -0.39 is 17.8 Å². The lowest BCUT2D eigenvalue weighted by Gasteiger charge is -1.93. The standard InChI is InChI=1S/C8H7NO4/c1-4(8(12)13)2-5-3-6(10)9-7(5)11/h2-3H,1H3,(H,12,13)(H,9,10,11)/b4-2+. The maximum atomic E-state index is 10.9. The Bertz CT molecular complexity index is 351. The molecular weight excluding hydrogens is 174 g/mol. The summed E-state index contributed by atoms with van der Waals surface area (Å²) in [4.78, 5) is 31.9. The molecule has 68 valence electrons. The van der Waals surface area contributed by atoms with E-state index in [0.717, 1.165) is 12.2 Å². The molecule has 0 atom stereocenters. The number of carboxylic acid groups (broad SMARTS) is 1. The lowest BCUT2D eigenvalue weighted by atomic mass is 10.2. The Morgan fingerprint density at radius 1 is 1.54 bits per heavy atom. The number of carboxylic acids is 1. The van der Waals surface area contributed by atoms with E-state index >= 15 is 0 Å². The average Bonchev–Trinajstić information content (AvgIpc) is 2.30. The van der Waals surface area contributed by atoms with Crippen LogP contribution >= 0.6 is 0 Å². The lowest BCUT2D eigenvalue weighted by molar-refractivity contribution is -0.132. The molecule has 2 N–H and O–H groups in total. The van der Waals surface area contributed by atoms with E-state index in [0.29, 0.717) is 0 Å². The molecule has 0 spiro atoms. The van der Waals surface area contributed by atoms with Crippen LogP contribution in [-0.4, -0.2) is 22.9 Å². The Morgan fingerprint density at radius 3 is 2.54 bits per heavy atom. The average molecular weight is 181 g/mol. The highest BCUT2D eigenvalue weighted by atomic mass is 16.4. The molecule has 0 aliphatic carbocycles. The van der Waals surface area contributed by atoms with Gasteiger partial charge >= 0.3 is 5.97 Å². The van der Waals surface area contributed by atoms with Crippen LogP contribution in [0.3, 0.4) is 0 Å². The quantitative estimate of drug-likeness (QED) is 0.448. The van der Waals surface area contributed by atoms with Crippen LogP contribution in [-0.2, 0) is 14.4 Å². The van der Waals surface area contributed by atoms with Gasteiger partial charge in [-0.3, -0.25) is 14.9 Å². The van der Waals surface area contributed by atoms with Crippen molar-refractivity contribution >= 4 is 17.8 Å². The van der Waals surface area contributed by atoms with E-state index in [-0.39, 0.29) is 11.1 Å². The zero-order valence-corrected chi connectivity index (χ0v) is 6.83. The summed E-state index contributed by atoms with van der Waals surface area (Å²) in [5.74, 6) is -2.20. The summed E-state index contributed by atoms with van der Waals surface area (Å²) < 4.78 is 0. The van der Waals surface area contributed by atoms with Gasteiger partial charge in [0.2, 0.25) is 0 Å². The molecule has 0 saturated carbocycles. The third-order valence-electron chi connectivity index (χ3n) is 1.49. The van der Waals surface area contributed by atoms with Crippen molar-refractivity contribution < 1.29 is 19.5 Å². The zero-order valence-electron chi connectivity index (χ0n) is 6.83. The first-order chi connectivity index (χ1) is 6.00. The third-order valence-corrected chi connectivity index (χ3v) is 1.49. The van der Waals surface area contributed by atoms with Crippen LogP contribution in [0.15, 0.2) is 23.3 Å². The molecule has 1 rings (SSSR count). The smallest absolute Gasteiger partial charge is 0.331 e. The predicted octanol–water partition coefficient (Wildman–Crippen LogP) is -0.400. The molecule has 0 aromatic carbocycles. The van der Waals surface area contributed by atoms with E-state index in [9.17, 15) is 14.4 Å². The van der Waals surface area contributed by atoms with E-state index in [2.05, 4.69) is 0 Å². The van der Waals surface area contributed by atoms with Crippen LogP contribution in [0.4, 0.5) is 0 Å². The monoisotopic (exact) mass is 181 g/mol. The fraction of sp³-hybridized carbons (Fsp3) is 0.125. The van der Waals surface area contributed by atoms with Crippen molar-refractivity contribution in [2.24, 2.45) is 0 Å². The van der Waals surface area contributed by atoms with Gasteiger partial charge in [0.05, 0.1) is 0 Å². The molecule has 5 heteroatoms. The fourth-order valence-electron chi connectivity index (χ4n) is 0.829. The Morgan fingerprint density at radius 2 is 2.15 bits per heavy atom. The zero-order chi connectivity index (χ0) is 10.0. The van der Waals surface area contributed by atoms with Crippen LogP contribution in [0, 0.1) is 0 Å². The van der Waals surface area contributed by atoms with Crippen molar-refractivity contribution in [2.75, 3.05) is 0 Å². The first kappa shape index (κ1) is 9.18. The number of nitrogens with one attached hydrogen (secondary N) is 1. The molecular formula is C8H7NO4. The molecule has 1 aliphatic rings. The van der Waals surface area contributed by atoms with Gasteiger partial charge in [-0.15, -0.1) is 0 Å². The van der Waals surface area contributed by atoms with Gasteiger partial charge in [-0.2, -0.15) is 0 Å². The number of imide groups is 1. The Labute approximate surface area is 73.7 Å². The van der Waals surface area contributed by atoms with E-state index in [1.165, 1.54) is 6.92 Å². The third kappa shape index (κ3) is 2.02. The summed E-state index contributed by atoms with van der Waals surface area (Å²) in [6.07, 6.45) is 2.22. The maximum absolute atomic E-state index is 10.9. The topological polar surface area (TPSA) is 83.5 Å². The highest BCUT2D eigenvalue weighted by Crippen LogP contribution is 2.07. The number of hydrogen-bond acceptors (Lipinski definition) is 3. The van der Waals surface area contributed by atoms with Crippen LogP contribution in [0.1, 0.15) is 6.92 Å². The minimum atomic E-state index is -1.12. The van der Waals surface area contributed by atoms with Gasteiger partial charge in [-0.1, -0.05) is 0 Å². The van der Waals surface area contributed by atoms with Crippen molar-refractivity contribution in [3.8, 4) is 0 Å². The number of hydrogen-bond donors (Lipinski definition) is 2. The van der Waals surface area contributed by atoms with Gasteiger partial charge in [-0.25, -0.2) is 4.79 Å². The minimum Gasteiger partial charge on any atom is -0.478 e. The van der Waals surface area contributed by atoms with Gasteiger partial charge in [-0.05, 0) is 13.0 Å². The first-order valence-electron chi connectivity index (χ1n) is 3.49. The lowest BCUT2D eigenvalue weighted by Crippen LogP contribution is -2.21. The number of rotatable bonds is 2. The molecule has 13 heavy (non-hydrogen) atoms. The normalized spacial score (nSPS) is 17.0. The molecule has 0 unspecified atom stereocenters. The molecule has 2 amide bonds. The SMILES string of the molecule is C/C(=C\C1=CC(=O)NC1=O)C(=O)O. The van der Waals surface area contributed by atoms with E-state index in [1.54, 1.807) is 0 Å². The van der Waals surface area contributed by atoms with Crippen LogP contribution in [0.2, 0.25) is 0 Å². The number of aliphatic carboxylic acids is 1. The summed E-state index contributed by atoms with van der Waals surface area (Å²) in [6.45, 7) is 1.35. The van der Waals surface area contributed by atoms with Crippen LogP contribution in [0.5, 0.6) is 0 Å². The van der Waals surface area contributed by atoms with Gasteiger partial charge < -0.3 is 5.11 Å². The molecule has 0 radical (unpaired) electrons. The van der Waals surface area contributed by atoms with Gasteiger partial charge in [0.25, 0.3) is 11.8 Å². The van der Waals surface area contributed by atoms with Crippen molar-refractivity contribution in [3.63, 3.8) is 0 Å². The number of carbonyl (C=O) groups is 3. The molecule has 5 nitrogen and oxygen atoms in total. The summed E-state index contributed by atoms with van der Waals surface area (Å²) in [5.41, 5.74) is 0.0843. The molecule has 0 fully saturated rings. The second-order valence-electron chi connectivity index (χ2n) is 2.55. The van der Waals surface area contributed by atoms with E-state index in [4.69, 9.17) is 5.11 Å². The Hall–Kier alpha value is -1.91. The number of carbonyl (C=O) groups excluding carboxylic acids is 2.